The molecule has 0 atom stereocenters. The Morgan fingerprint density at radius 3 is 2.68 bits per heavy atom. The van der Waals surface area contributed by atoms with Gasteiger partial charge in [-0.15, -0.1) is 6.58 Å². The normalized spacial score (nSPS) is 11.4. The minimum absolute atomic E-state index is 0.00622. The second-order valence-corrected chi connectivity index (χ2v) is 5.74. The third kappa shape index (κ3) is 4.98. The summed E-state index contributed by atoms with van der Waals surface area (Å²) in [6, 6.07) is 8.98. The van der Waals surface area contributed by atoms with Crippen LogP contribution in [0.15, 0.2) is 55.3 Å². The maximum absolute atomic E-state index is 12.9. The summed E-state index contributed by atoms with van der Waals surface area (Å²) in [6.07, 6.45) is -0.502. The molecule has 2 aromatic rings. The highest BCUT2D eigenvalue weighted by Crippen LogP contribution is 2.29. The first-order chi connectivity index (χ1) is 11.8. The maximum Gasteiger partial charge on any atom is 0.416 e. The van der Waals surface area contributed by atoms with Crippen molar-refractivity contribution in [3.63, 3.8) is 0 Å². The molecule has 0 aliphatic carbocycles. The summed E-state index contributed by atoms with van der Waals surface area (Å²) in [4.78, 5) is 13.7. The minimum Gasteiger partial charge on any atom is -0.345 e. The van der Waals surface area contributed by atoms with Crippen molar-refractivity contribution in [2.45, 2.75) is 32.6 Å². The number of aromatic nitrogens is 1. The Hall–Kier alpha value is -2.50. The second-order valence-electron chi connectivity index (χ2n) is 5.74. The summed E-state index contributed by atoms with van der Waals surface area (Å²) in [5.41, 5.74) is 0.763. The molecule has 0 saturated heterocycles. The van der Waals surface area contributed by atoms with E-state index in [2.05, 4.69) is 6.58 Å². The zero-order chi connectivity index (χ0) is 18.4. The summed E-state index contributed by atoms with van der Waals surface area (Å²) < 4.78 is 40.4. The second kappa shape index (κ2) is 8.05. The molecule has 25 heavy (non-hydrogen) atoms. The number of hydrogen-bond acceptors (Lipinski definition) is 1. The Kier molecular flexibility index (Phi) is 6.07. The Morgan fingerprint density at radius 2 is 2.04 bits per heavy atom. The summed E-state index contributed by atoms with van der Waals surface area (Å²) >= 11 is 0. The average Bonchev–Trinajstić information content (AvgIpc) is 3.00. The van der Waals surface area contributed by atoms with Gasteiger partial charge in [-0.05, 0) is 29.8 Å². The molecular weight excluding hydrogens is 329 g/mol. The van der Waals surface area contributed by atoms with E-state index in [-0.39, 0.29) is 5.91 Å². The van der Waals surface area contributed by atoms with Crippen molar-refractivity contribution in [1.29, 1.82) is 0 Å². The number of halogens is 3. The Bertz CT molecular complexity index is 734. The molecule has 1 amide bonds. The lowest BCUT2D eigenvalue weighted by atomic mass is 10.1. The van der Waals surface area contributed by atoms with Gasteiger partial charge in [0.1, 0.15) is 0 Å². The lowest BCUT2D eigenvalue weighted by molar-refractivity contribution is -0.137. The van der Waals surface area contributed by atoms with E-state index in [4.69, 9.17) is 0 Å². The molecule has 2 rings (SSSR count). The lowest BCUT2D eigenvalue weighted by Crippen LogP contribution is -2.30. The number of alkyl halides is 3. The van der Waals surface area contributed by atoms with Gasteiger partial charge in [-0.3, -0.25) is 4.79 Å². The van der Waals surface area contributed by atoms with Gasteiger partial charge in [0.2, 0.25) is 5.91 Å². The van der Waals surface area contributed by atoms with Crippen LogP contribution in [0.1, 0.15) is 30.2 Å². The van der Waals surface area contributed by atoms with Crippen molar-refractivity contribution in [2.24, 2.45) is 0 Å². The van der Waals surface area contributed by atoms with Crippen LogP contribution >= 0.6 is 0 Å². The average molecular weight is 350 g/mol. The highest BCUT2D eigenvalue weighted by atomic mass is 19.4. The zero-order valence-corrected chi connectivity index (χ0v) is 14.1. The van der Waals surface area contributed by atoms with Crippen molar-refractivity contribution in [2.75, 3.05) is 6.54 Å². The van der Waals surface area contributed by atoms with Gasteiger partial charge in [0.15, 0.2) is 0 Å². The first-order valence-corrected chi connectivity index (χ1v) is 8.04. The predicted molar refractivity (Wildman–Crippen MR) is 90.9 cm³/mol. The Balaban J connectivity index is 2.19. The van der Waals surface area contributed by atoms with E-state index in [1.807, 2.05) is 16.7 Å². The smallest absolute Gasteiger partial charge is 0.345 e. The monoisotopic (exact) mass is 350 g/mol. The Labute approximate surface area is 145 Å². The molecule has 0 bridgehead atoms. The van der Waals surface area contributed by atoms with Crippen molar-refractivity contribution in [1.82, 2.24) is 9.47 Å². The van der Waals surface area contributed by atoms with Crippen LogP contribution in [0.25, 0.3) is 0 Å². The molecule has 1 aromatic heterocycles. The zero-order valence-electron chi connectivity index (χ0n) is 14.1. The largest absolute Gasteiger partial charge is 0.416 e. The summed E-state index contributed by atoms with van der Waals surface area (Å²) in [7, 11) is 0. The molecule has 0 N–H and O–H groups in total. The van der Waals surface area contributed by atoms with E-state index in [9.17, 15) is 18.0 Å². The van der Waals surface area contributed by atoms with E-state index >= 15 is 0 Å². The highest BCUT2D eigenvalue weighted by Gasteiger charge is 2.30. The van der Waals surface area contributed by atoms with Crippen LogP contribution in [0.2, 0.25) is 0 Å². The van der Waals surface area contributed by atoms with Gasteiger partial charge in [-0.25, -0.2) is 0 Å². The van der Waals surface area contributed by atoms with E-state index in [1.54, 1.807) is 30.2 Å². The third-order valence-corrected chi connectivity index (χ3v) is 3.89. The van der Waals surface area contributed by atoms with Gasteiger partial charge in [0, 0.05) is 31.4 Å². The molecule has 0 spiro atoms. The number of nitrogens with zero attached hydrogens (tertiary/aromatic N) is 2. The molecule has 1 aromatic carbocycles. The van der Waals surface area contributed by atoms with Crippen molar-refractivity contribution in [3.05, 3.63) is 72.1 Å². The summed E-state index contributed by atoms with van der Waals surface area (Å²) in [5, 5.41) is 0. The van der Waals surface area contributed by atoms with Crippen LogP contribution in [0.3, 0.4) is 0 Å². The molecule has 0 fully saturated rings. The van der Waals surface area contributed by atoms with Crippen LogP contribution in [0, 0.1) is 0 Å². The fourth-order valence-corrected chi connectivity index (χ4v) is 2.62. The first-order valence-electron chi connectivity index (χ1n) is 8.04. The SMILES string of the molecule is C=CCN(Cc1cccn1Cc1cccc(C(F)(F)F)c1)C(=O)CC. The molecule has 3 nitrogen and oxygen atoms in total. The number of amides is 1. The summed E-state index contributed by atoms with van der Waals surface area (Å²) in [6.45, 7) is 6.59. The van der Waals surface area contributed by atoms with Crippen molar-refractivity contribution in [3.8, 4) is 0 Å². The highest BCUT2D eigenvalue weighted by molar-refractivity contribution is 5.75. The molecule has 0 unspecified atom stereocenters. The van der Waals surface area contributed by atoms with E-state index in [0.29, 0.717) is 31.6 Å². The number of rotatable bonds is 7. The summed E-state index contributed by atoms with van der Waals surface area (Å²) in [5.74, 6) is 0.00622. The minimum atomic E-state index is -4.36. The maximum atomic E-state index is 12.9. The van der Waals surface area contributed by atoms with Crippen LogP contribution < -0.4 is 0 Å². The fourth-order valence-electron chi connectivity index (χ4n) is 2.62. The lowest BCUT2D eigenvalue weighted by Gasteiger charge is -2.22. The molecule has 0 aliphatic heterocycles. The van der Waals surface area contributed by atoms with Crippen LogP contribution in [0.4, 0.5) is 13.2 Å². The molecule has 0 radical (unpaired) electrons. The van der Waals surface area contributed by atoms with Crippen LogP contribution in [0.5, 0.6) is 0 Å². The molecule has 6 heteroatoms. The fraction of sp³-hybridized carbons (Fsp3) is 0.316. The number of benzene rings is 1. The molecule has 0 saturated carbocycles. The quantitative estimate of drug-likeness (QED) is 0.676. The van der Waals surface area contributed by atoms with Gasteiger partial charge in [0.25, 0.3) is 0 Å². The van der Waals surface area contributed by atoms with Gasteiger partial charge < -0.3 is 9.47 Å². The number of hydrogen-bond donors (Lipinski definition) is 0. The molecule has 134 valence electrons. The van der Waals surface area contributed by atoms with E-state index in [0.717, 1.165) is 17.8 Å². The first kappa shape index (κ1) is 18.8. The standard InChI is InChI=1S/C19H21F3N2O/c1-3-10-24(18(25)4-2)14-17-9-6-11-23(17)13-15-7-5-8-16(12-15)19(20,21)22/h3,5-9,11-12H,1,4,10,13-14H2,2H3. The van der Waals surface area contributed by atoms with Gasteiger partial charge in [0.05, 0.1) is 12.1 Å². The van der Waals surface area contributed by atoms with Crippen molar-refractivity contribution < 1.29 is 18.0 Å². The van der Waals surface area contributed by atoms with Gasteiger partial charge >= 0.3 is 6.18 Å². The van der Waals surface area contributed by atoms with E-state index in [1.165, 1.54) is 6.07 Å². The van der Waals surface area contributed by atoms with Crippen molar-refractivity contribution >= 4 is 5.91 Å². The number of carbonyl (C=O) groups excluding carboxylic acids is 1. The predicted octanol–water partition coefficient (Wildman–Crippen LogP) is 4.48. The molecular formula is C19H21F3N2O. The third-order valence-electron chi connectivity index (χ3n) is 3.89. The van der Waals surface area contributed by atoms with Gasteiger partial charge in [-0.2, -0.15) is 13.2 Å². The number of carbonyl (C=O) groups is 1. The van der Waals surface area contributed by atoms with E-state index < -0.39 is 11.7 Å². The Morgan fingerprint density at radius 1 is 1.28 bits per heavy atom. The van der Waals surface area contributed by atoms with Gasteiger partial charge in [-0.1, -0.05) is 25.1 Å². The molecule has 1 heterocycles. The van der Waals surface area contributed by atoms with Crippen LogP contribution in [-0.4, -0.2) is 21.9 Å². The molecule has 0 aliphatic rings. The van der Waals surface area contributed by atoms with Crippen LogP contribution in [-0.2, 0) is 24.1 Å². The topological polar surface area (TPSA) is 25.2 Å².